The van der Waals surface area contributed by atoms with Gasteiger partial charge in [0.25, 0.3) is 0 Å². The molecule has 6 nitrogen and oxygen atoms in total. The summed E-state index contributed by atoms with van der Waals surface area (Å²) >= 11 is 8.03. The molecule has 3 aromatic rings. The lowest BCUT2D eigenvalue weighted by molar-refractivity contribution is 0.123. The number of rotatable bonds is 5. The minimum Gasteiger partial charge on any atom is -0.378 e. The van der Waals surface area contributed by atoms with Gasteiger partial charge in [0.2, 0.25) is 11.7 Å². The fourth-order valence-corrected chi connectivity index (χ4v) is 3.71. The number of anilines is 2. The molecule has 0 radical (unpaired) electrons. The predicted molar refractivity (Wildman–Crippen MR) is 99.4 cm³/mol. The van der Waals surface area contributed by atoms with Crippen LogP contribution in [0.5, 0.6) is 0 Å². The number of thiophene rings is 1. The highest BCUT2D eigenvalue weighted by molar-refractivity contribution is 7.13. The minimum absolute atomic E-state index is 0.441. The third-order valence-electron chi connectivity index (χ3n) is 3.95. The van der Waals surface area contributed by atoms with Crippen molar-refractivity contribution in [1.29, 1.82) is 0 Å². The van der Waals surface area contributed by atoms with Crippen molar-refractivity contribution in [3.05, 3.63) is 46.6 Å². The molecule has 0 bridgehead atoms. The van der Waals surface area contributed by atoms with E-state index in [1.54, 1.807) is 11.3 Å². The molecule has 3 heterocycles. The second-order valence-electron chi connectivity index (χ2n) is 5.58. The van der Waals surface area contributed by atoms with Gasteiger partial charge in [-0.05, 0) is 23.6 Å². The van der Waals surface area contributed by atoms with E-state index in [2.05, 4.69) is 20.4 Å². The van der Waals surface area contributed by atoms with Crippen LogP contribution in [0.25, 0.3) is 10.7 Å². The maximum absolute atomic E-state index is 6.44. The van der Waals surface area contributed by atoms with Gasteiger partial charge >= 0.3 is 0 Å². The molecular formula is C17H17ClN4O2S. The van der Waals surface area contributed by atoms with Gasteiger partial charge in [0.15, 0.2) is 0 Å². The number of nitrogens with one attached hydrogen (secondary N) is 1. The van der Waals surface area contributed by atoms with Gasteiger partial charge in [0, 0.05) is 13.1 Å². The molecule has 0 saturated carbocycles. The summed E-state index contributed by atoms with van der Waals surface area (Å²) in [7, 11) is 0. The van der Waals surface area contributed by atoms with E-state index in [0.717, 1.165) is 34.4 Å². The molecule has 0 aliphatic carbocycles. The highest BCUT2D eigenvalue weighted by Crippen LogP contribution is 2.34. The summed E-state index contributed by atoms with van der Waals surface area (Å²) in [6.07, 6.45) is 0. The van der Waals surface area contributed by atoms with Gasteiger partial charge in [-0.3, -0.25) is 0 Å². The van der Waals surface area contributed by atoms with Crippen LogP contribution in [-0.4, -0.2) is 36.4 Å². The standard InChI is InChI=1S/C17H17ClN4O2S/c18-12-3-1-4-13(16(12)22-6-8-23-9-7-22)19-11-15-20-17(21-24-15)14-5-2-10-25-14/h1-5,10,19H,6-9,11H2. The van der Waals surface area contributed by atoms with Gasteiger partial charge in [-0.1, -0.05) is 28.9 Å². The quantitative estimate of drug-likeness (QED) is 0.728. The van der Waals surface area contributed by atoms with Gasteiger partial charge < -0.3 is 19.5 Å². The molecule has 1 aliphatic heterocycles. The fraction of sp³-hybridized carbons (Fsp3) is 0.294. The van der Waals surface area contributed by atoms with Crippen LogP contribution in [0.15, 0.2) is 40.2 Å². The van der Waals surface area contributed by atoms with Gasteiger partial charge in [-0.2, -0.15) is 4.98 Å². The van der Waals surface area contributed by atoms with Crippen LogP contribution in [0.3, 0.4) is 0 Å². The molecule has 1 N–H and O–H groups in total. The van der Waals surface area contributed by atoms with Crippen LogP contribution in [-0.2, 0) is 11.3 Å². The second-order valence-corrected chi connectivity index (χ2v) is 6.93. The van der Waals surface area contributed by atoms with Crippen LogP contribution in [0, 0.1) is 0 Å². The molecule has 25 heavy (non-hydrogen) atoms. The molecule has 0 atom stereocenters. The number of morpholine rings is 1. The molecule has 4 rings (SSSR count). The summed E-state index contributed by atoms with van der Waals surface area (Å²) in [5.41, 5.74) is 1.94. The largest absolute Gasteiger partial charge is 0.378 e. The average molecular weight is 377 g/mol. The maximum atomic E-state index is 6.44. The summed E-state index contributed by atoms with van der Waals surface area (Å²) in [6.45, 7) is 3.50. The number of hydrogen-bond donors (Lipinski definition) is 1. The van der Waals surface area contributed by atoms with E-state index in [4.69, 9.17) is 20.9 Å². The first-order valence-electron chi connectivity index (χ1n) is 8.03. The Morgan fingerprint density at radius 1 is 1.20 bits per heavy atom. The third kappa shape index (κ3) is 3.63. The van der Waals surface area contributed by atoms with E-state index in [9.17, 15) is 0 Å². The first-order valence-corrected chi connectivity index (χ1v) is 9.28. The van der Waals surface area contributed by atoms with Gasteiger partial charge in [0.1, 0.15) is 0 Å². The highest BCUT2D eigenvalue weighted by Gasteiger charge is 2.18. The zero-order chi connectivity index (χ0) is 17.1. The summed E-state index contributed by atoms with van der Waals surface area (Å²) < 4.78 is 10.8. The smallest absolute Gasteiger partial charge is 0.246 e. The topological polar surface area (TPSA) is 63.4 Å². The van der Waals surface area contributed by atoms with E-state index >= 15 is 0 Å². The van der Waals surface area contributed by atoms with Crippen LogP contribution >= 0.6 is 22.9 Å². The van der Waals surface area contributed by atoms with Crippen molar-refractivity contribution >= 4 is 34.3 Å². The lowest BCUT2D eigenvalue weighted by atomic mass is 10.2. The van der Waals surface area contributed by atoms with Gasteiger partial charge in [0.05, 0.1) is 41.0 Å². The third-order valence-corrected chi connectivity index (χ3v) is 5.12. The zero-order valence-electron chi connectivity index (χ0n) is 13.4. The molecule has 0 amide bonds. The Morgan fingerprint density at radius 3 is 2.88 bits per heavy atom. The Kier molecular flexibility index (Phi) is 4.87. The van der Waals surface area contributed by atoms with Crippen molar-refractivity contribution < 1.29 is 9.26 Å². The Balaban J connectivity index is 1.50. The molecule has 2 aromatic heterocycles. The molecule has 1 saturated heterocycles. The molecule has 8 heteroatoms. The van der Waals surface area contributed by atoms with Crippen LogP contribution in [0.4, 0.5) is 11.4 Å². The highest BCUT2D eigenvalue weighted by atomic mass is 35.5. The van der Waals surface area contributed by atoms with E-state index in [1.165, 1.54) is 0 Å². The number of aromatic nitrogens is 2. The first-order chi connectivity index (χ1) is 12.3. The van der Waals surface area contributed by atoms with E-state index < -0.39 is 0 Å². The normalized spacial score (nSPS) is 14.7. The van der Waals surface area contributed by atoms with Crippen molar-refractivity contribution in [2.75, 3.05) is 36.5 Å². The minimum atomic E-state index is 0.441. The second kappa shape index (κ2) is 7.43. The number of ether oxygens (including phenoxy) is 1. The monoisotopic (exact) mass is 376 g/mol. The lowest BCUT2D eigenvalue weighted by Crippen LogP contribution is -2.36. The molecule has 1 fully saturated rings. The van der Waals surface area contributed by atoms with Crippen molar-refractivity contribution in [3.63, 3.8) is 0 Å². The Labute approximate surface area is 154 Å². The van der Waals surface area contributed by atoms with Crippen molar-refractivity contribution in [2.24, 2.45) is 0 Å². The first kappa shape index (κ1) is 16.4. The van der Waals surface area contributed by atoms with Crippen LogP contribution in [0.2, 0.25) is 5.02 Å². The molecule has 1 aromatic carbocycles. The summed E-state index contributed by atoms with van der Waals surface area (Å²) in [5, 5.41) is 10.1. The number of benzene rings is 1. The van der Waals surface area contributed by atoms with E-state index in [-0.39, 0.29) is 0 Å². The summed E-state index contributed by atoms with van der Waals surface area (Å²) in [5.74, 6) is 1.16. The number of halogens is 1. The van der Waals surface area contributed by atoms with Crippen molar-refractivity contribution in [1.82, 2.24) is 10.1 Å². The van der Waals surface area contributed by atoms with Gasteiger partial charge in [-0.15, -0.1) is 11.3 Å². The number of nitrogens with zero attached hydrogens (tertiary/aromatic N) is 3. The van der Waals surface area contributed by atoms with Crippen LogP contribution in [0.1, 0.15) is 5.89 Å². The van der Waals surface area contributed by atoms with E-state index in [1.807, 2.05) is 35.7 Å². The summed E-state index contributed by atoms with van der Waals surface area (Å²) in [4.78, 5) is 7.66. The maximum Gasteiger partial charge on any atom is 0.246 e. The number of hydrogen-bond acceptors (Lipinski definition) is 7. The van der Waals surface area contributed by atoms with E-state index in [0.29, 0.717) is 31.5 Å². The predicted octanol–water partition coefficient (Wildman–Crippen LogP) is 3.90. The Bertz CT molecular complexity index is 831. The van der Waals surface area contributed by atoms with Crippen molar-refractivity contribution in [3.8, 4) is 10.7 Å². The van der Waals surface area contributed by atoms with Crippen molar-refractivity contribution in [2.45, 2.75) is 6.54 Å². The molecular weight excluding hydrogens is 360 g/mol. The lowest BCUT2D eigenvalue weighted by Gasteiger charge is -2.31. The van der Waals surface area contributed by atoms with Gasteiger partial charge in [-0.25, -0.2) is 0 Å². The fourth-order valence-electron chi connectivity index (χ4n) is 2.77. The molecule has 0 unspecified atom stereocenters. The molecule has 1 aliphatic rings. The molecule has 0 spiro atoms. The Morgan fingerprint density at radius 2 is 2.08 bits per heavy atom. The SMILES string of the molecule is Clc1cccc(NCc2nc(-c3cccs3)no2)c1N1CCOCC1. The zero-order valence-corrected chi connectivity index (χ0v) is 15.0. The Hall–Kier alpha value is -2.09. The molecule has 130 valence electrons. The average Bonchev–Trinajstić information content (AvgIpc) is 3.32. The number of para-hydroxylation sites is 1. The van der Waals surface area contributed by atoms with Crippen LogP contribution < -0.4 is 10.2 Å². The summed E-state index contributed by atoms with van der Waals surface area (Å²) in [6, 6.07) is 9.78.